The molecule has 2 rings (SSSR count). The molecular weight excluding hydrogens is 240 g/mol. The third-order valence-electron chi connectivity index (χ3n) is 2.71. The van der Waals surface area contributed by atoms with E-state index in [0.717, 1.165) is 5.56 Å². The first kappa shape index (κ1) is 12.8. The number of rotatable bonds is 5. The van der Waals surface area contributed by atoms with Crippen LogP contribution in [0.2, 0.25) is 0 Å². The first-order valence-corrected chi connectivity index (χ1v) is 6.32. The van der Waals surface area contributed by atoms with Gasteiger partial charge in [-0.15, -0.1) is 11.6 Å². The molecular formula is C13H17ClO3. The van der Waals surface area contributed by atoms with E-state index in [-0.39, 0.29) is 11.5 Å². The Morgan fingerprint density at radius 2 is 1.76 bits per heavy atom. The molecule has 0 radical (unpaired) electrons. The zero-order valence-electron chi connectivity index (χ0n) is 10.1. The van der Waals surface area contributed by atoms with Crippen LogP contribution >= 0.6 is 11.6 Å². The molecule has 2 unspecified atom stereocenters. The predicted octanol–water partition coefficient (Wildman–Crippen LogP) is 3.09. The monoisotopic (exact) mass is 256 g/mol. The summed E-state index contributed by atoms with van der Waals surface area (Å²) in [6.07, 6.45) is -0.170. The van der Waals surface area contributed by atoms with E-state index < -0.39 is 5.97 Å². The van der Waals surface area contributed by atoms with Crippen LogP contribution in [0.25, 0.3) is 0 Å². The van der Waals surface area contributed by atoms with Crippen LogP contribution in [-0.4, -0.2) is 24.6 Å². The van der Waals surface area contributed by atoms with Crippen LogP contribution in [0.5, 0.6) is 0 Å². The van der Waals surface area contributed by atoms with Gasteiger partial charge in [0, 0.05) is 13.2 Å². The Balaban J connectivity index is 2.08. The quantitative estimate of drug-likeness (QED) is 0.599. The van der Waals surface area contributed by atoms with Crippen LogP contribution in [0.1, 0.15) is 25.5 Å². The van der Waals surface area contributed by atoms with E-state index in [4.69, 9.17) is 25.8 Å². The third kappa shape index (κ3) is 2.33. The lowest BCUT2D eigenvalue weighted by molar-refractivity contribution is -0.456. The first-order chi connectivity index (χ1) is 8.23. The molecule has 3 nitrogen and oxygen atoms in total. The molecule has 1 heterocycles. The van der Waals surface area contributed by atoms with Gasteiger partial charge in [-0.3, -0.25) is 0 Å². The lowest BCUT2D eigenvalue weighted by Crippen LogP contribution is -2.60. The molecule has 0 spiro atoms. The highest BCUT2D eigenvalue weighted by Gasteiger charge is 2.58. The van der Waals surface area contributed by atoms with E-state index in [0.29, 0.717) is 13.2 Å². The molecule has 0 aliphatic carbocycles. The van der Waals surface area contributed by atoms with E-state index in [1.54, 1.807) is 0 Å². The van der Waals surface area contributed by atoms with Crippen molar-refractivity contribution in [1.82, 2.24) is 0 Å². The molecule has 4 heteroatoms. The van der Waals surface area contributed by atoms with Gasteiger partial charge in [0.25, 0.3) is 0 Å². The van der Waals surface area contributed by atoms with Crippen molar-refractivity contribution < 1.29 is 14.2 Å². The number of hydrogen-bond acceptors (Lipinski definition) is 3. The molecule has 1 fully saturated rings. The summed E-state index contributed by atoms with van der Waals surface area (Å²) in [7, 11) is 0. The SMILES string of the molecule is CCOC1(OCC)OC(c2ccccc2)C1Cl. The maximum atomic E-state index is 6.35. The molecule has 1 aromatic carbocycles. The van der Waals surface area contributed by atoms with Crippen LogP contribution in [0.3, 0.4) is 0 Å². The number of benzene rings is 1. The summed E-state index contributed by atoms with van der Waals surface area (Å²) in [6, 6.07) is 9.86. The molecule has 0 amide bonds. The lowest BCUT2D eigenvalue weighted by atomic mass is 10.00. The van der Waals surface area contributed by atoms with Crippen molar-refractivity contribution in [1.29, 1.82) is 0 Å². The molecule has 94 valence electrons. The van der Waals surface area contributed by atoms with Gasteiger partial charge in [-0.25, -0.2) is 0 Å². The third-order valence-corrected chi connectivity index (χ3v) is 3.21. The summed E-state index contributed by atoms with van der Waals surface area (Å²) in [4.78, 5) is 0. The summed E-state index contributed by atoms with van der Waals surface area (Å²) in [5.41, 5.74) is 1.04. The second kappa shape index (κ2) is 5.36. The zero-order chi connectivity index (χ0) is 12.3. The summed E-state index contributed by atoms with van der Waals surface area (Å²) in [5, 5.41) is -0.329. The Kier molecular flexibility index (Phi) is 4.05. The predicted molar refractivity (Wildman–Crippen MR) is 65.9 cm³/mol. The van der Waals surface area contributed by atoms with Gasteiger partial charge in [0.1, 0.15) is 11.5 Å². The average Bonchev–Trinajstić information content (AvgIpc) is 2.37. The number of halogens is 1. The van der Waals surface area contributed by atoms with Crippen molar-refractivity contribution in [3.63, 3.8) is 0 Å². The fourth-order valence-corrected chi connectivity index (χ4v) is 2.34. The molecule has 1 saturated heterocycles. The van der Waals surface area contributed by atoms with Gasteiger partial charge < -0.3 is 14.2 Å². The minimum atomic E-state index is -1.08. The standard InChI is InChI=1S/C13H17ClO3/c1-3-15-13(16-4-2)12(14)11(17-13)10-8-6-5-7-9-10/h5-9,11-12H,3-4H2,1-2H3. The van der Waals surface area contributed by atoms with E-state index in [1.165, 1.54) is 0 Å². The summed E-state index contributed by atoms with van der Waals surface area (Å²) >= 11 is 6.35. The Bertz CT molecular complexity index is 349. The highest BCUT2D eigenvalue weighted by atomic mass is 35.5. The van der Waals surface area contributed by atoms with Gasteiger partial charge in [0.2, 0.25) is 0 Å². The topological polar surface area (TPSA) is 27.7 Å². The van der Waals surface area contributed by atoms with Crippen LogP contribution in [0.4, 0.5) is 0 Å². The van der Waals surface area contributed by atoms with Crippen LogP contribution in [-0.2, 0) is 14.2 Å². The Labute approximate surface area is 107 Å². The van der Waals surface area contributed by atoms with E-state index in [1.807, 2.05) is 44.2 Å². The van der Waals surface area contributed by atoms with Gasteiger partial charge in [-0.2, -0.15) is 0 Å². The minimum absolute atomic E-state index is 0.170. The normalized spacial score (nSPS) is 26.5. The van der Waals surface area contributed by atoms with E-state index in [2.05, 4.69) is 0 Å². The van der Waals surface area contributed by atoms with Crippen molar-refractivity contribution in [2.75, 3.05) is 13.2 Å². The second-order valence-corrected chi connectivity index (χ2v) is 4.29. The fraction of sp³-hybridized carbons (Fsp3) is 0.538. The number of ether oxygens (including phenoxy) is 3. The van der Waals surface area contributed by atoms with Crippen molar-refractivity contribution >= 4 is 11.6 Å². The Hall–Kier alpha value is -0.610. The van der Waals surface area contributed by atoms with Crippen molar-refractivity contribution in [3.8, 4) is 0 Å². The highest BCUT2D eigenvalue weighted by molar-refractivity contribution is 6.22. The van der Waals surface area contributed by atoms with Gasteiger partial charge in [0.15, 0.2) is 0 Å². The lowest BCUT2D eigenvalue weighted by Gasteiger charge is -2.49. The van der Waals surface area contributed by atoms with E-state index >= 15 is 0 Å². The maximum Gasteiger partial charge on any atom is 0.303 e. The van der Waals surface area contributed by atoms with Gasteiger partial charge in [0.05, 0.1) is 0 Å². The molecule has 0 aromatic heterocycles. The second-order valence-electron chi connectivity index (χ2n) is 3.82. The first-order valence-electron chi connectivity index (χ1n) is 5.88. The maximum absolute atomic E-state index is 6.35. The molecule has 0 bridgehead atoms. The van der Waals surface area contributed by atoms with Crippen LogP contribution in [0.15, 0.2) is 30.3 Å². The van der Waals surface area contributed by atoms with Gasteiger partial charge >= 0.3 is 5.97 Å². The Morgan fingerprint density at radius 3 is 2.24 bits per heavy atom. The molecule has 1 aliphatic rings. The average molecular weight is 257 g/mol. The van der Waals surface area contributed by atoms with Crippen molar-refractivity contribution in [3.05, 3.63) is 35.9 Å². The Morgan fingerprint density at radius 1 is 1.18 bits per heavy atom. The molecule has 0 saturated carbocycles. The zero-order valence-corrected chi connectivity index (χ0v) is 10.8. The van der Waals surface area contributed by atoms with Crippen LogP contribution in [0, 0.1) is 0 Å². The van der Waals surface area contributed by atoms with Gasteiger partial charge in [-0.1, -0.05) is 30.3 Å². The summed E-state index contributed by atoms with van der Waals surface area (Å²) in [5.74, 6) is -1.08. The number of alkyl halides is 1. The van der Waals surface area contributed by atoms with Crippen LogP contribution < -0.4 is 0 Å². The molecule has 2 atom stereocenters. The highest BCUT2D eigenvalue weighted by Crippen LogP contribution is 2.48. The summed E-state index contributed by atoms with van der Waals surface area (Å²) in [6.45, 7) is 4.79. The number of hydrogen-bond donors (Lipinski definition) is 0. The molecule has 0 N–H and O–H groups in total. The fourth-order valence-electron chi connectivity index (χ4n) is 1.97. The van der Waals surface area contributed by atoms with Crippen molar-refractivity contribution in [2.45, 2.75) is 31.3 Å². The minimum Gasteiger partial charge on any atom is -0.326 e. The largest absolute Gasteiger partial charge is 0.326 e. The molecule has 1 aliphatic heterocycles. The molecule has 17 heavy (non-hydrogen) atoms. The summed E-state index contributed by atoms with van der Waals surface area (Å²) < 4.78 is 16.7. The van der Waals surface area contributed by atoms with Crippen molar-refractivity contribution in [2.24, 2.45) is 0 Å². The molecule has 1 aromatic rings. The van der Waals surface area contributed by atoms with Gasteiger partial charge in [-0.05, 0) is 19.4 Å². The van der Waals surface area contributed by atoms with E-state index in [9.17, 15) is 0 Å². The smallest absolute Gasteiger partial charge is 0.303 e.